The maximum absolute atomic E-state index is 13.1. The van der Waals surface area contributed by atoms with Gasteiger partial charge in [-0.15, -0.1) is 0 Å². The summed E-state index contributed by atoms with van der Waals surface area (Å²) in [6, 6.07) is -0.871. The van der Waals surface area contributed by atoms with Crippen LogP contribution in [0.2, 0.25) is 0 Å². The molecular weight excluding hydrogens is 1130 g/mol. The number of unbranched alkanes of at least 4 members (excludes halogenated alkanes) is 56. The molecule has 0 rings (SSSR count). The van der Waals surface area contributed by atoms with Crippen LogP contribution in [0, 0.1) is 0 Å². The number of nitrogens with zero attached hydrogens (tertiary/aromatic N) is 1. The quantitative estimate of drug-likeness (QED) is 0.0243. The van der Waals surface area contributed by atoms with Gasteiger partial charge in [-0.3, -0.25) is 13.8 Å². The van der Waals surface area contributed by atoms with Crippen molar-refractivity contribution in [2.24, 2.45) is 0 Å². The molecule has 1 amide bonds. The van der Waals surface area contributed by atoms with Gasteiger partial charge in [0.2, 0.25) is 5.91 Å². The van der Waals surface area contributed by atoms with Crippen LogP contribution in [0.3, 0.4) is 0 Å². The van der Waals surface area contributed by atoms with Crippen LogP contribution in [-0.4, -0.2) is 73.4 Å². The maximum atomic E-state index is 13.1. The number of phosphoric acid groups is 1. The maximum Gasteiger partial charge on any atom is 0.472 e. The van der Waals surface area contributed by atoms with Crippen LogP contribution in [0.15, 0.2) is 48.6 Å². The van der Waals surface area contributed by atoms with Gasteiger partial charge in [0.05, 0.1) is 39.9 Å². The van der Waals surface area contributed by atoms with E-state index in [-0.39, 0.29) is 19.1 Å². The number of carbonyl (C=O) groups excluding carboxylic acids is 1. The molecule has 0 saturated heterocycles. The lowest BCUT2D eigenvalue weighted by Crippen LogP contribution is -2.45. The van der Waals surface area contributed by atoms with Gasteiger partial charge < -0.3 is 19.8 Å². The number of amides is 1. The molecule has 0 aromatic heterocycles. The Hall–Kier alpha value is -1.54. The standard InChI is InChI=1S/C81H157N2O6P/c1-6-8-10-12-14-16-18-20-22-24-26-28-30-32-34-35-36-37-38-39-40-41-42-43-44-45-46-47-49-51-53-55-57-59-61-63-65-67-69-71-73-75-81(85)82-79(78-89-90(86,87)88-77-76-83(3,4)5)80(84)74-72-70-68-66-64-62-60-58-56-54-52-50-48-33-31-29-27-25-23-21-19-17-15-13-11-9-7-2/h24,26,56,58,64,66,72,74,79-80,84H,6-23,25,27-55,57,59-63,65,67-71,73,75-78H2,1-5H3,(H-,82,85,86,87)/p+1/b26-24-,58-56+,66-64+,74-72+. The molecule has 0 aliphatic carbocycles. The van der Waals surface area contributed by atoms with Crippen LogP contribution >= 0.6 is 7.82 Å². The van der Waals surface area contributed by atoms with Crippen molar-refractivity contribution in [3.63, 3.8) is 0 Å². The molecule has 0 aromatic rings. The molecule has 0 bridgehead atoms. The van der Waals surface area contributed by atoms with Crippen molar-refractivity contribution in [2.45, 2.75) is 424 Å². The Kier molecular flexibility index (Phi) is 70.5. The fraction of sp³-hybridized carbons (Fsp3) is 0.889. The van der Waals surface area contributed by atoms with E-state index in [1.807, 2.05) is 27.2 Å². The molecule has 532 valence electrons. The summed E-state index contributed by atoms with van der Waals surface area (Å²) in [6.45, 7) is 4.85. The number of quaternary nitrogens is 1. The Labute approximate surface area is 562 Å². The lowest BCUT2D eigenvalue weighted by molar-refractivity contribution is -0.870. The minimum absolute atomic E-state index is 0.0549. The number of nitrogens with one attached hydrogen (secondary N) is 1. The smallest absolute Gasteiger partial charge is 0.387 e. The number of hydrogen-bond donors (Lipinski definition) is 3. The third-order valence-corrected chi connectivity index (χ3v) is 19.5. The van der Waals surface area contributed by atoms with E-state index in [1.54, 1.807) is 6.08 Å². The van der Waals surface area contributed by atoms with Gasteiger partial charge in [-0.1, -0.05) is 383 Å². The van der Waals surface area contributed by atoms with Gasteiger partial charge in [0, 0.05) is 6.42 Å². The summed E-state index contributed by atoms with van der Waals surface area (Å²) in [6.07, 6.45) is 99.0. The fourth-order valence-corrected chi connectivity index (χ4v) is 13.0. The molecule has 0 spiro atoms. The highest BCUT2D eigenvalue weighted by molar-refractivity contribution is 7.47. The monoisotopic (exact) mass is 1290 g/mol. The summed E-state index contributed by atoms with van der Waals surface area (Å²) >= 11 is 0. The van der Waals surface area contributed by atoms with Crippen molar-refractivity contribution >= 4 is 13.7 Å². The first kappa shape index (κ1) is 88.5. The zero-order chi connectivity index (χ0) is 65.5. The zero-order valence-electron chi connectivity index (χ0n) is 61.2. The largest absolute Gasteiger partial charge is 0.472 e. The second-order valence-electron chi connectivity index (χ2n) is 28.8. The average molecular weight is 1290 g/mol. The number of allylic oxidation sites excluding steroid dienone is 7. The molecule has 0 fully saturated rings. The van der Waals surface area contributed by atoms with Crippen molar-refractivity contribution < 1.29 is 32.9 Å². The number of phosphoric ester groups is 1. The second-order valence-corrected chi connectivity index (χ2v) is 30.2. The molecule has 0 saturated carbocycles. The second kappa shape index (κ2) is 71.7. The van der Waals surface area contributed by atoms with Gasteiger partial charge in [0.1, 0.15) is 13.2 Å². The van der Waals surface area contributed by atoms with Crippen LogP contribution in [0.25, 0.3) is 0 Å². The van der Waals surface area contributed by atoms with Gasteiger partial charge in [-0.05, 0) is 70.6 Å². The third kappa shape index (κ3) is 73.9. The van der Waals surface area contributed by atoms with Gasteiger partial charge in [0.15, 0.2) is 0 Å². The molecule has 0 aromatic carbocycles. The van der Waals surface area contributed by atoms with Crippen molar-refractivity contribution in [1.29, 1.82) is 0 Å². The summed E-state index contributed by atoms with van der Waals surface area (Å²) < 4.78 is 23.8. The SMILES string of the molecule is CCCCCCCCCC/C=C\CCCCCCCCCCCCCCCCCCCCCCCCCCCCCCCC(=O)NC(COP(=O)(O)OCC[N+](C)(C)C)C(O)/C=C/CC/C=C/CC/C=C/CCCCCCCCCCCCCCCCCCC. The van der Waals surface area contributed by atoms with E-state index >= 15 is 0 Å². The van der Waals surface area contributed by atoms with Crippen molar-refractivity contribution in [3.05, 3.63) is 48.6 Å². The lowest BCUT2D eigenvalue weighted by Gasteiger charge is -2.25. The first-order valence-electron chi connectivity index (χ1n) is 40.0. The first-order valence-corrected chi connectivity index (χ1v) is 41.5. The lowest BCUT2D eigenvalue weighted by atomic mass is 10.0. The number of aliphatic hydroxyl groups excluding tert-OH is 1. The topological polar surface area (TPSA) is 105 Å². The van der Waals surface area contributed by atoms with Crippen LogP contribution in [0.4, 0.5) is 0 Å². The van der Waals surface area contributed by atoms with E-state index in [2.05, 4.69) is 55.6 Å². The van der Waals surface area contributed by atoms with Gasteiger partial charge in [-0.25, -0.2) is 4.57 Å². The van der Waals surface area contributed by atoms with E-state index in [0.717, 1.165) is 44.9 Å². The molecule has 8 nitrogen and oxygen atoms in total. The Morgan fingerprint density at radius 1 is 0.367 bits per heavy atom. The molecule has 3 unspecified atom stereocenters. The molecule has 0 aliphatic rings. The molecule has 0 radical (unpaired) electrons. The van der Waals surface area contributed by atoms with E-state index in [9.17, 15) is 19.4 Å². The fourth-order valence-electron chi connectivity index (χ4n) is 12.3. The average Bonchev–Trinajstić information content (AvgIpc) is 3.09. The molecule has 0 aliphatic heterocycles. The normalized spacial score (nSPS) is 13.7. The Morgan fingerprint density at radius 2 is 0.611 bits per heavy atom. The van der Waals surface area contributed by atoms with Gasteiger partial charge in [0.25, 0.3) is 0 Å². The highest BCUT2D eigenvalue weighted by Crippen LogP contribution is 2.43. The van der Waals surface area contributed by atoms with E-state index in [4.69, 9.17) is 9.05 Å². The number of aliphatic hydroxyl groups is 1. The Balaban J connectivity index is 3.95. The van der Waals surface area contributed by atoms with Crippen LogP contribution in [-0.2, 0) is 18.4 Å². The predicted molar refractivity (Wildman–Crippen MR) is 397 cm³/mol. The summed E-state index contributed by atoms with van der Waals surface area (Å²) in [5.41, 5.74) is 0. The van der Waals surface area contributed by atoms with E-state index < -0.39 is 20.0 Å². The Bertz CT molecular complexity index is 1610. The molecule has 0 heterocycles. The Morgan fingerprint density at radius 3 is 0.889 bits per heavy atom. The molecule has 90 heavy (non-hydrogen) atoms. The van der Waals surface area contributed by atoms with Crippen LogP contribution in [0.1, 0.15) is 412 Å². The summed E-state index contributed by atoms with van der Waals surface area (Å²) in [7, 11) is 1.56. The highest BCUT2D eigenvalue weighted by Gasteiger charge is 2.28. The highest BCUT2D eigenvalue weighted by atomic mass is 31.2. The van der Waals surface area contributed by atoms with Gasteiger partial charge in [-0.2, -0.15) is 0 Å². The number of rotatable bonds is 75. The molecule has 9 heteroatoms. The minimum atomic E-state index is -4.37. The summed E-state index contributed by atoms with van der Waals surface area (Å²) in [5, 5.41) is 14.0. The van der Waals surface area contributed by atoms with Crippen molar-refractivity contribution in [3.8, 4) is 0 Å². The molecule has 3 N–H and O–H groups in total. The summed E-state index contributed by atoms with van der Waals surface area (Å²) in [4.78, 5) is 23.5. The van der Waals surface area contributed by atoms with Crippen molar-refractivity contribution in [2.75, 3.05) is 40.9 Å². The first-order chi connectivity index (χ1) is 44.0. The third-order valence-electron chi connectivity index (χ3n) is 18.5. The summed E-state index contributed by atoms with van der Waals surface area (Å²) in [5.74, 6) is -0.183. The number of likely N-dealkylation sites (N-methyl/N-ethyl adjacent to an activating group) is 1. The van der Waals surface area contributed by atoms with Gasteiger partial charge >= 0.3 is 7.82 Å². The van der Waals surface area contributed by atoms with Crippen LogP contribution < -0.4 is 5.32 Å². The number of carbonyl (C=O) groups is 1. The minimum Gasteiger partial charge on any atom is -0.387 e. The predicted octanol–water partition coefficient (Wildman–Crippen LogP) is 26.1. The van der Waals surface area contributed by atoms with Crippen LogP contribution in [0.5, 0.6) is 0 Å². The molecule has 3 atom stereocenters. The van der Waals surface area contributed by atoms with Crippen molar-refractivity contribution in [1.82, 2.24) is 5.32 Å². The zero-order valence-corrected chi connectivity index (χ0v) is 62.1. The van der Waals surface area contributed by atoms with E-state index in [1.165, 1.54) is 347 Å². The van der Waals surface area contributed by atoms with E-state index in [0.29, 0.717) is 17.4 Å². The molecular formula is C81H158N2O6P+. The number of hydrogen-bond acceptors (Lipinski definition) is 5.